The number of benzene rings is 2. The van der Waals surface area contributed by atoms with Crippen LogP contribution in [0.25, 0.3) is 0 Å². The molecule has 6 nitrogen and oxygen atoms in total. The van der Waals surface area contributed by atoms with Gasteiger partial charge in [-0.1, -0.05) is 50.6 Å². The molecule has 0 radical (unpaired) electrons. The molecule has 0 saturated carbocycles. The van der Waals surface area contributed by atoms with Crippen LogP contribution in [0.15, 0.2) is 24.3 Å². The number of methoxy groups -OCH3 is 6. The van der Waals surface area contributed by atoms with Crippen molar-refractivity contribution in [2.75, 3.05) is 42.7 Å². The third-order valence-corrected chi connectivity index (χ3v) is 25.0. The van der Waals surface area contributed by atoms with Gasteiger partial charge in [-0.2, -0.15) is 0 Å². The van der Waals surface area contributed by atoms with Crippen molar-refractivity contribution >= 4 is 34.6 Å². The van der Waals surface area contributed by atoms with E-state index in [1.807, 2.05) is 24.3 Å². The predicted octanol–water partition coefficient (Wildman–Crippen LogP) is 5.06. The van der Waals surface area contributed by atoms with Gasteiger partial charge in [0, 0.05) is 42.7 Å². The van der Waals surface area contributed by atoms with Crippen LogP contribution in [0, 0.1) is 0 Å². The van der Waals surface area contributed by atoms with E-state index >= 15 is 0 Å². The molecule has 2 aromatic carbocycles. The smallest absolute Gasteiger partial charge is 0.126 e. The number of hydrogen-bond donors (Lipinski definition) is 0. The van der Waals surface area contributed by atoms with E-state index in [0.29, 0.717) is 0 Å². The Bertz CT molecular complexity index is 891. The van der Waals surface area contributed by atoms with Gasteiger partial charge in [-0.25, -0.2) is 0 Å². The monoisotopic (exact) mass is 536 g/mol. The molecule has 0 saturated heterocycles. The third-order valence-electron chi connectivity index (χ3n) is 6.62. The number of hydrogen-bond acceptors (Lipinski definition) is 6. The van der Waals surface area contributed by atoms with Gasteiger partial charge in [-0.05, 0) is 0 Å². The van der Waals surface area contributed by atoms with Gasteiger partial charge in [0.05, 0.1) is 58.8 Å². The van der Waals surface area contributed by atoms with Gasteiger partial charge in [0.1, 0.15) is 34.5 Å². The Kier molecular flexibility index (Phi) is 9.40. The normalized spacial score (nSPS) is 12.2. The van der Waals surface area contributed by atoms with Gasteiger partial charge >= 0.3 is 0 Å². The first-order valence-electron chi connectivity index (χ1n) is 11.9. The molecule has 0 spiro atoms. The average Bonchev–Trinajstić information content (AvgIpc) is 2.80. The Hall–Kier alpha value is -2.11. The highest BCUT2D eigenvalue weighted by atomic mass is 28.4. The first-order chi connectivity index (χ1) is 16.3. The fraction of sp³-hybridized carbons (Fsp3) is 0.538. The van der Waals surface area contributed by atoms with Crippen LogP contribution in [-0.4, -0.2) is 66.9 Å². The largest absolute Gasteiger partial charge is 0.497 e. The van der Waals surface area contributed by atoms with Crippen molar-refractivity contribution in [2.24, 2.45) is 0 Å². The van der Waals surface area contributed by atoms with Crippen molar-refractivity contribution in [1.29, 1.82) is 0 Å². The van der Waals surface area contributed by atoms with Crippen molar-refractivity contribution in [2.45, 2.75) is 50.6 Å². The van der Waals surface area contributed by atoms with Crippen molar-refractivity contribution in [1.82, 2.24) is 0 Å². The van der Waals surface area contributed by atoms with E-state index in [1.54, 1.807) is 42.7 Å². The average molecular weight is 537 g/mol. The van der Waals surface area contributed by atoms with Gasteiger partial charge < -0.3 is 28.4 Å². The summed E-state index contributed by atoms with van der Waals surface area (Å²) in [5.74, 6) is 4.93. The zero-order valence-corrected chi connectivity index (χ0v) is 26.7. The minimum atomic E-state index is -1.94. The lowest BCUT2D eigenvalue weighted by Crippen LogP contribution is -2.55. The molecule has 0 fully saturated rings. The summed E-state index contributed by atoms with van der Waals surface area (Å²) in [6.45, 7) is 14.7. The quantitative estimate of drug-likeness (QED) is 0.354. The molecule has 0 aliphatic rings. The van der Waals surface area contributed by atoms with Crippen LogP contribution in [0.4, 0.5) is 0 Å². The molecule has 0 aromatic heterocycles. The molecule has 0 bridgehead atoms. The fourth-order valence-electron chi connectivity index (χ4n) is 5.98. The lowest BCUT2D eigenvalue weighted by atomic mass is 10.3. The van der Waals surface area contributed by atoms with Gasteiger partial charge in [0.25, 0.3) is 0 Å². The van der Waals surface area contributed by atoms with E-state index < -0.39 is 24.2 Å². The Morgan fingerprint density at radius 1 is 0.457 bits per heavy atom. The van der Waals surface area contributed by atoms with Crippen LogP contribution in [0.5, 0.6) is 34.5 Å². The number of ether oxygens (including phenoxy) is 6. The van der Waals surface area contributed by atoms with Crippen LogP contribution in [0.3, 0.4) is 0 Å². The summed E-state index contributed by atoms with van der Waals surface area (Å²) in [7, 11) is 4.66. The minimum absolute atomic E-state index is 0.746. The van der Waals surface area contributed by atoms with E-state index in [1.165, 1.54) is 21.7 Å². The summed E-state index contributed by atoms with van der Waals surface area (Å²) in [6.07, 6.45) is 0. The minimum Gasteiger partial charge on any atom is -0.497 e. The highest BCUT2D eigenvalue weighted by molar-refractivity contribution is 7.09. The molecule has 0 aliphatic carbocycles. The molecule has 0 aliphatic heterocycles. The first-order valence-corrected chi connectivity index (χ1v) is 21.7. The highest BCUT2D eigenvalue weighted by Gasteiger charge is 2.43. The summed E-state index contributed by atoms with van der Waals surface area (Å²) < 4.78 is 34.3. The summed E-state index contributed by atoms with van der Waals surface area (Å²) in [4.78, 5) is 0. The van der Waals surface area contributed by atoms with Gasteiger partial charge in [0.2, 0.25) is 0 Å². The second-order valence-electron chi connectivity index (χ2n) is 11.1. The summed E-state index contributed by atoms with van der Waals surface area (Å²) in [6, 6.07) is 7.92. The van der Waals surface area contributed by atoms with Crippen molar-refractivity contribution in [3.05, 3.63) is 24.3 Å². The maximum atomic E-state index is 5.84. The first kappa shape index (κ1) is 29.1. The summed E-state index contributed by atoms with van der Waals surface area (Å²) >= 11 is 0. The SMILES string of the molecule is COc1cc(OC)c([Si](C)(C)C[Si](C)(C)C[Si](C)(C)c2c(OC)cc(OC)cc2OC)c(OC)c1. The van der Waals surface area contributed by atoms with Crippen LogP contribution in [-0.2, 0) is 0 Å². The molecule has 35 heavy (non-hydrogen) atoms. The molecule has 0 amide bonds. The van der Waals surface area contributed by atoms with E-state index in [4.69, 9.17) is 28.4 Å². The lowest BCUT2D eigenvalue weighted by Gasteiger charge is -2.39. The molecule has 0 N–H and O–H groups in total. The Balaban J connectivity index is 2.48. The zero-order valence-electron chi connectivity index (χ0n) is 23.7. The van der Waals surface area contributed by atoms with Crippen molar-refractivity contribution in [3.8, 4) is 34.5 Å². The molecular formula is C26H44O6Si3. The van der Waals surface area contributed by atoms with E-state index in [-0.39, 0.29) is 0 Å². The van der Waals surface area contributed by atoms with Crippen LogP contribution >= 0.6 is 0 Å². The molecule has 0 atom stereocenters. The topological polar surface area (TPSA) is 55.4 Å². The summed E-state index contributed by atoms with van der Waals surface area (Å²) in [5, 5.41) is 2.45. The van der Waals surface area contributed by atoms with E-state index in [9.17, 15) is 0 Å². The lowest BCUT2D eigenvalue weighted by molar-refractivity contribution is 0.379. The Morgan fingerprint density at radius 2 is 0.714 bits per heavy atom. The highest BCUT2D eigenvalue weighted by Crippen LogP contribution is 2.37. The second-order valence-corrected chi connectivity index (χ2v) is 26.8. The molecule has 2 rings (SSSR count). The molecular weight excluding hydrogens is 493 g/mol. The standard InChI is InChI=1S/C26H44O6Si3/c1-27-19-13-21(29-3)25(22(14-19)30-4)34(9,10)17-33(7,8)18-35(11,12)26-23(31-5)15-20(28-2)16-24(26)32-6/h13-16H,17-18H2,1-12H3. The molecule has 196 valence electrons. The third kappa shape index (κ3) is 6.56. The molecule has 0 unspecified atom stereocenters. The zero-order chi connectivity index (χ0) is 26.6. The predicted molar refractivity (Wildman–Crippen MR) is 154 cm³/mol. The fourth-order valence-corrected chi connectivity index (χ4v) is 31.5. The Morgan fingerprint density at radius 3 is 0.914 bits per heavy atom. The van der Waals surface area contributed by atoms with Gasteiger partial charge in [-0.15, -0.1) is 0 Å². The van der Waals surface area contributed by atoms with Crippen molar-refractivity contribution in [3.63, 3.8) is 0 Å². The Labute approximate surface area is 214 Å². The van der Waals surface area contributed by atoms with Crippen LogP contribution in [0.1, 0.15) is 0 Å². The molecule has 0 heterocycles. The second kappa shape index (κ2) is 11.3. The molecule has 2 aromatic rings. The number of rotatable bonds is 12. The maximum absolute atomic E-state index is 5.84. The van der Waals surface area contributed by atoms with Crippen LogP contribution < -0.4 is 38.8 Å². The van der Waals surface area contributed by atoms with Gasteiger partial charge in [0.15, 0.2) is 0 Å². The maximum Gasteiger partial charge on any atom is 0.126 e. The van der Waals surface area contributed by atoms with E-state index in [2.05, 4.69) is 39.3 Å². The van der Waals surface area contributed by atoms with Gasteiger partial charge in [-0.3, -0.25) is 0 Å². The van der Waals surface area contributed by atoms with Crippen molar-refractivity contribution < 1.29 is 28.4 Å². The molecule has 9 heteroatoms. The van der Waals surface area contributed by atoms with Crippen LogP contribution in [0.2, 0.25) is 50.6 Å². The summed E-state index contributed by atoms with van der Waals surface area (Å²) in [5.41, 5.74) is 2.41. The van der Waals surface area contributed by atoms with E-state index in [0.717, 1.165) is 34.5 Å².